The minimum Gasteiger partial charge on any atom is -0.303 e. The molecule has 1 heterocycles. The fourth-order valence-electron chi connectivity index (χ4n) is 2.65. The van der Waals surface area contributed by atoms with E-state index in [2.05, 4.69) is 12.2 Å². The van der Waals surface area contributed by atoms with Gasteiger partial charge >= 0.3 is 0 Å². The third kappa shape index (κ3) is 2.83. The Morgan fingerprint density at radius 1 is 1.41 bits per heavy atom. The maximum absolute atomic E-state index is 11.7. The van der Waals surface area contributed by atoms with E-state index in [4.69, 9.17) is 0 Å². The molecule has 3 atom stereocenters. The standard InChI is InChI=1S/C12H20N2O2S/c1-3-17-9-5-4-8(6-9)13-10-7-11(15)14(2)12(10)16/h8-10,13H,3-7H2,1-2H3. The summed E-state index contributed by atoms with van der Waals surface area (Å²) in [6, 6.07) is 0.134. The largest absolute Gasteiger partial charge is 0.303 e. The zero-order valence-electron chi connectivity index (χ0n) is 10.4. The molecule has 0 aromatic heterocycles. The van der Waals surface area contributed by atoms with E-state index in [1.54, 1.807) is 7.05 Å². The highest BCUT2D eigenvalue weighted by Crippen LogP contribution is 2.30. The first kappa shape index (κ1) is 12.9. The lowest BCUT2D eigenvalue weighted by Gasteiger charge is -2.17. The third-order valence-electron chi connectivity index (χ3n) is 3.61. The molecule has 2 amide bonds. The van der Waals surface area contributed by atoms with Gasteiger partial charge in [-0.2, -0.15) is 11.8 Å². The van der Waals surface area contributed by atoms with Crippen LogP contribution >= 0.6 is 11.8 Å². The molecule has 3 unspecified atom stereocenters. The van der Waals surface area contributed by atoms with Gasteiger partial charge in [0.2, 0.25) is 11.8 Å². The van der Waals surface area contributed by atoms with E-state index in [9.17, 15) is 9.59 Å². The van der Waals surface area contributed by atoms with Crippen molar-refractivity contribution in [2.24, 2.45) is 0 Å². The second kappa shape index (κ2) is 5.40. The van der Waals surface area contributed by atoms with Gasteiger partial charge in [0.1, 0.15) is 0 Å². The van der Waals surface area contributed by atoms with Gasteiger partial charge < -0.3 is 5.32 Å². The smallest absolute Gasteiger partial charge is 0.246 e. The molecule has 0 spiro atoms. The highest BCUT2D eigenvalue weighted by atomic mass is 32.2. The van der Waals surface area contributed by atoms with Crippen LogP contribution < -0.4 is 5.32 Å². The summed E-state index contributed by atoms with van der Waals surface area (Å²) in [4.78, 5) is 24.4. The predicted octanol–water partition coefficient (Wildman–Crippen LogP) is 1.01. The Morgan fingerprint density at radius 3 is 2.76 bits per heavy atom. The van der Waals surface area contributed by atoms with Crippen molar-refractivity contribution in [3.63, 3.8) is 0 Å². The second-order valence-electron chi connectivity index (χ2n) is 4.80. The van der Waals surface area contributed by atoms with Crippen molar-refractivity contribution in [3.05, 3.63) is 0 Å². The van der Waals surface area contributed by atoms with Gasteiger partial charge in [0.05, 0.1) is 12.5 Å². The molecule has 0 radical (unpaired) electrons. The van der Waals surface area contributed by atoms with Crippen LogP contribution in [0.4, 0.5) is 0 Å². The number of amides is 2. The van der Waals surface area contributed by atoms with Gasteiger partial charge in [0, 0.05) is 18.3 Å². The number of hydrogen-bond donors (Lipinski definition) is 1. The van der Waals surface area contributed by atoms with Crippen LogP contribution in [0.25, 0.3) is 0 Å². The van der Waals surface area contributed by atoms with E-state index in [0.717, 1.165) is 23.8 Å². The Bertz CT molecular complexity index is 322. The molecule has 1 saturated carbocycles. The second-order valence-corrected chi connectivity index (χ2v) is 6.38. The fraction of sp³-hybridized carbons (Fsp3) is 0.833. The van der Waals surface area contributed by atoms with Crippen molar-refractivity contribution in [3.8, 4) is 0 Å². The summed E-state index contributed by atoms with van der Waals surface area (Å²) in [6.07, 6.45) is 3.80. The average Bonchev–Trinajstić information content (AvgIpc) is 2.82. The van der Waals surface area contributed by atoms with Gasteiger partial charge in [-0.1, -0.05) is 6.92 Å². The SMILES string of the molecule is CCSC1CCC(NC2CC(=O)N(C)C2=O)C1. The Morgan fingerprint density at radius 2 is 2.18 bits per heavy atom. The van der Waals surface area contributed by atoms with Crippen molar-refractivity contribution in [2.75, 3.05) is 12.8 Å². The molecular formula is C12H20N2O2S. The number of nitrogens with one attached hydrogen (secondary N) is 1. The number of hydrogen-bond acceptors (Lipinski definition) is 4. The molecule has 0 bridgehead atoms. The van der Waals surface area contributed by atoms with Gasteiger partial charge in [0.25, 0.3) is 0 Å². The average molecular weight is 256 g/mol. The zero-order valence-corrected chi connectivity index (χ0v) is 11.3. The molecular weight excluding hydrogens is 236 g/mol. The van der Waals surface area contributed by atoms with Gasteiger partial charge in [-0.25, -0.2) is 0 Å². The van der Waals surface area contributed by atoms with Crippen LogP contribution in [0.5, 0.6) is 0 Å². The number of carbonyl (C=O) groups excluding carboxylic acids is 2. The predicted molar refractivity (Wildman–Crippen MR) is 68.9 cm³/mol. The fourth-order valence-corrected chi connectivity index (χ4v) is 3.79. The van der Waals surface area contributed by atoms with E-state index >= 15 is 0 Å². The molecule has 4 nitrogen and oxygen atoms in total. The highest BCUT2D eigenvalue weighted by molar-refractivity contribution is 7.99. The quantitative estimate of drug-likeness (QED) is 0.763. The van der Waals surface area contributed by atoms with Crippen molar-refractivity contribution < 1.29 is 9.59 Å². The Labute approximate surface area is 106 Å². The van der Waals surface area contributed by atoms with Crippen molar-refractivity contribution >= 4 is 23.6 Å². The van der Waals surface area contributed by atoms with E-state index in [1.165, 1.54) is 11.3 Å². The van der Waals surface area contributed by atoms with Crippen LogP contribution in [0.1, 0.15) is 32.6 Å². The number of likely N-dealkylation sites (N-methyl/N-ethyl adjacent to an activating group) is 1. The zero-order chi connectivity index (χ0) is 12.4. The molecule has 17 heavy (non-hydrogen) atoms. The molecule has 1 aliphatic carbocycles. The summed E-state index contributed by atoms with van der Waals surface area (Å²) in [5.41, 5.74) is 0. The Hall–Kier alpha value is -0.550. The highest BCUT2D eigenvalue weighted by Gasteiger charge is 2.38. The van der Waals surface area contributed by atoms with Crippen LogP contribution in [-0.2, 0) is 9.59 Å². The number of carbonyl (C=O) groups is 2. The summed E-state index contributed by atoms with van der Waals surface area (Å²) >= 11 is 2.00. The summed E-state index contributed by atoms with van der Waals surface area (Å²) in [6.45, 7) is 2.18. The normalized spacial score (nSPS) is 33.8. The van der Waals surface area contributed by atoms with Crippen LogP contribution in [0.15, 0.2) is 0 Å². The van der Waals surface area contributed by atoms with Gasteiger partial charge in [0.15, 0.2) is 0 Å². The molecule has 0 aromatic carbocycles. The van der Waals surface area contributed by atoms with Gasteiger partial charge in [-0.15, -0.1) is 0 Å². The minimum atomic E-state index is -0.275. The maximum Gasteiger partial charge on any atom is 0.246 e. The number of imide groups is 1. The maximum atomic E-state index is 11.7. The molecule has 2 rings (SSSR count). The summed E-state index contributed by atoms with van der Waals surface area (Å²) in [7, 11) is 1.57. The van der Waals surface area contributed by atoms with Crippen LogP contribution in [0.3, 0.4) is 0 Å². The summed E-state index contributed by atoms with van der Waals surface area (Å²) in [5, 5.41) is 4.08. The first-order chi connectivity index (χ1) is 8.11. The third-order valence-corrected chi connectivity index (χ3v) is 4.84. The molecule has 1 saturated heterocycles. The van der Waals surface area contributed by atoms with Gasteiger partial charge in [-0.3, -0.25) is 14.5 Å². The lowest BCUT2D eigenvalue weighted by atomic mass is 10.2. The molecule has 1 aliphatic heterocycles. The van der Waals surface area contributed by atoms with Crippen molar-refractivity contribution in [2.45, 2.75) is 49.9 Å². The van der Waals surface area contributed by atoms with E-state index in [0.29, 0.717) is 12.5 Å². The lowest BCUT2D eigenvalue weighted by Crippen LogP contribution is -2.42. The van der Waals surface area contributed by atoms with E-state index < -0.39 is 0 Å². The number of likely N-dealkylation sites (tertiary alicyclic amines) is 1. The van der Waals surface area contributed by atoms with Crippen LogP contribution in [0, 0.1) is 0 Å². The molecule has 1 N–H and O–H groups in total. The topological polar surface area (TPSA) is 49.4 Å². The van der Waals surface area contributed by atoms with E-state index in [1.807, 2.05) is 11.8 Å². The molecule has 96 valence electrons. The van der Waals surface area contributed by atoms with E-state index in [-0.39, 0.29) is 17.9 Å². The molecule has 2 aliphatic rings. The summed E-state index contributed by atoms with van der Waals surface area (Å²) in [5.74, 6) is 1.02. The van der Waals surface area contributed by atoms with Crippen LogP contribution in [0.2, 0.25) is 0 Å². The summed E-state index contributed by atoms with van der Waals surface area (Å²) < 4.78 is 0. The first-order valence-corrected chi connectivity index (χ1v) is 7.34. The molecule has 0 aromatic rings. The lowest BCUT2D eigenvalue weighted by molar-refractivity contribution is -0.137. The first-order valence-electron chi connectivity index (χ1n) is 6.29. The Kier molecular flexibility index (Phi) is 4.09. The van der Waals surface area contributed by atoms with Gasteiger partial charge in [-0.05, 0) is 25.0 Å². The van der Waals surface area contributed by atoms with Crippen molar-refractivity contribution in [1.29, 1.82) is 0 Å². The van der Waals surface area contributed by atoms with Crippen molar-refractivity contribution in [1.82, 2.24) is 10.2 Å². The Balaban J connectivity index is 1.83. The molecule has 5 heteroatoms. The molecule has 2 fully saturated rings. The van der Waals surface area contributed by atoms with Crippen LogP contribution in [-0.4, -0.2) is 46.8 Å². The number of thioether (sulfide) groups is 1. The minimum absolute atomic E-state index is 0.0648. The number of rotatable bonds is 4. The monoisotopic (exact) mass is 256 g/mol. The number of nitrogens with zero attached hydrogens (tertiary/aromatic N) is 1.